The zero-order chi connectivity index (χ0) is 8.81. The molecule has 0 radical (unpaired) electrons. The van der Waals surface area contributed by atoms with Crippen LogP contribution in [0.5, 0.6) is 0 Å². The number of benzene rings is 1. The average molecular weight is 160 g/mol. The monoisotopic (exact) mass is 160 g/mol. The van der Waals surface area contributed by atoms with E-state index in [4.69, 9.17) is 0 Å². The fourth-order valence-electron chi connectivity index (χ4n) is 1.38. The Hall–Kier alpha value is -1.04. The quantitative estimate of drug-likeness (QED) is 0.592. The molecule has 1 aromatic rings. The Morgan fingerprint density at radius 1 is 1.33 bits per heavy atom. The van der Waals surface area contributed by atoms with Crippen molar-refractivity contribution in [3.05, 3.63) is 48.6 Å². The minimum Gasteiger partial charge on any atom is -0.103 e. The fourth-order valence-corrected chi connectivity index (χ4v) is 1.38. The van der Waals surface area contributed by atoms with Gasteiger partial charge in [-0.3, -0.25) is 0 Å². The van der Waals surface area contributed by atoms with Gasteiger partial charge < -0.3 is 0 Å². The molecule has 0 aliphatic rings. The fraction of sp³-hybridized carbons (Fsp3) is 0.333. The third-order valence-electron chi connectivity index (χ3n) is 2.00. The van der Waals surface area contributed by atoms with Gasteiger partial charge in [-0.2, -0.15) is 0 Å². The summed E-state index contributed by atoms with van der Waals surface area (Å²) < 4.78 is 0. The van der Waals surface area contributed by atoms with Gasteiger partial charge in [0.25, 0.3) is 0 Å². The Labute approximate surface area is 74.9 Å². The summed E-state index contributed by atoms with van der Waals surface area (Å²) in [6.45, 7) is 6.00. The largest absolute Gasteiger partial charge is 0.103 e. The van der Waals surface area contributed by atoms with Gasteiger partial charge in [-0.1, -0.05) is 43.3 Å². The van der Waals surface area contributed by atoms with Gasteiger partial charge in [0, 0.05) is 0 Å². The summed E-state index contributed by atoms with van der Waals surface area (Å²) in [6.07, 6.45) is 4.26. The van der Waals surface area contributed by atoms with Gasteiger partial charge in [0.1, 0.15) is 0 Å². The van der Waals surface area contributed by atoms with E-state index in [1.165, 1.54) is 5.56 Å². The van der Waals surface area contributed by atoms with Crippen molar-refractivity contribution in [3.63, 3.8) is 0 Å². The molecule has 0 fully saturated rings. The molecular formula is C12H16. The molecule has 0 aromatic heterocycles. The van der Waals surface area contributed by atoms with E-state index < -0.39 is 0 Å². The van der Waals surface area contributed by atoms with Crippen molar-refractivity contribution in [1.82, 2.24) is 0 Å². The lowest BCUT2D eigenvalue weighted by Crippen LogP contribution is -1.97. The van der Waals surface area contributed by atoms with Gasteiger partial charge in [0.05, 0.1) is 0 Å². The van der Waals surface area contributed by atoms with E-state index in [-0.39, 0.29) is 0 Å². The second kappa shape index (κ2) is 4.76. The van der Waals surface area contributed by atoms with E-state index in [9.17, 15) is 0 Å². The van der Waals surface area contributed by atoms with Crippen LogP contribution in [-0.2, 0) is 6.42 Å². The van der Waals surface area contributed by atoms with Crippen molar-refractivity contribution in [3.8, 4) is 0 Å². The van der Waals surface area contributed by atoms with Gasteiger partial charge in [-0.05, 0) is 24.3 Å². The Bertz CT molecular complexity index is 223. The molecule has 0 nitrogen and oxygen atoms in total. The summed E-state index contributed by atoms with van der Waals surface area (Å²) in [6, 6.07) is 10.6. The lowest BCUT2D eigenvalue weighted by molar-refractivity contribution is 0.590. The SMILES string of the molecule is C=CC[C@@H](C)Cc1ccccc1. The second-order valence-electron chi connectivity index (χ2n) is 3.32. The van der Waals surface area contributed by atoms with Crippen LogP contribution < -0.4 is 0 Å². The molecule has 0 saturated heterocycles. The Balaban J connectivity index is 2.46. The second-order valence-corrected chi connectivity index (χ2v) is 3.32. The summed E-state index contributed by atoms with van der Waals surface area (Å²) in [5.41, 5.74) is 1.42. The number of rotatable bonds is 4. The van der Waals surface area contributed by atoms with E-state index in [2.05, 4.69) is 43.8 Å². The van der Waals surface area contributed by atoms with Crippen molar-refractivity contribution < 1.29 is 0 Å². The van der Waals surface area contributed by atoms with Crippen LogP contribution in [0.15, 0.2) is 43.0 Å². The van der Waals surface area contributed by atoms with Gasteiger partial charge >= 0.3 is 0 Å². The molecule has 0 N–H and O–H groups in total. The summed E-state index contributed by atoms with van der Waals surface area (Å²) >= 11 is 0. The highest BCUT2D eigenvalue weighted by atomic mass is 14.0. The van der Waals surface area contributed by atoms with E-state index in [1.807, 2.05) is 6.08 Å². The summed E-state index contributed by atoms with van der Waals surface area (Å²) in [4.78, 5) is 0. The van der Waals surface area contributed by atoms with Crippen LogP contribution in [0, 0.1) is 5.92 Å². The summed E-state index contributed by atoms with van der Waals surface area (Å²) in [7, 11) is 0. The normalized spacial score (nSPS) is 12.4. The third-order valence-corrected chi connectivity index (χ3v) is 2.00. The van der Waals surface area contributed by atoms with Crippen LogP contribution in [0.3, 0.4) is 0 Å². The van der Waals surface area contributed by atoms with E-state index in [0.717, 1.165) is 12.8 Å². The number of hydrogen-bond donors (Lipinski definition) is 0. The van der Waals surface area contributed by atoms with E-state index >= 15 is 0 Å². The highest BCUT2D eigenvalue weighted by Crippen LogP contribution is 2.11. The Kier molecular flexibility index (Phi) is 3.59. The molecule has 0 aliphatic heterocycles. The predicted octanol–water partition coefficient (Wildman–Crippen LogP) is 3.44. The molecule has 0 saturated carbocycles. The first-order chi connectivity index (χ1) is 5.83. The first-order valence-electron chi connectivity index (χ1n) is 4.47. The zero-order valence-corrected chi connectivity index (χ0v) is 7.66. The average Bonchev–Trinajstić information content (AvgIpc) is 2.06. The van der Waals surface area contributed by atoms with Crippen LogP contribution in [0.1, 0.15) is 18.9 Å². The molecule has 1 atom stereocenters. The first kappa shape index (κ1) is 9.05. The minimum atomic E-state index is 0.713. The summed E-state index contributed by atoms with van der Waals surface area (Å²) in [5, 5.41) is 0. The van der Waals surface area contributed by atoms with Crippen molar-refractivity contribution in [2.75, 3.05) is 0 Å². The van der Waals surface area contributed by atoms with Gasteiger partial charge in [-0.15, -0.1) is 6.58 Å². The highest BCUT2D eigenvalue weighted by molar-refractivity contribution is 5.15. The van der Waals surface area contributed by atoms with E-state index in [1.54, 1.807) is 0 Å². The molecule has 0 unspecified atom stereocenters. The molecule has 12 heavy (non-hydrogen) atoms. The van der Waals surface area contributed by atoms with Crippen molar-refractivity contribution in [1.29, 1.82) is 0 Å². The minimum absolute atomic E-state index is 0.713. The molecule has 0 heterocycles. The molecule has 0 spiro atoms. The van der Waals surface area contributed by atoms with Crippen LogP contribution in [0.25, 0.3) is 0 Å². The first-order valence-corrected chi connectivity index (χ1v) is 4.47. The van der Waals surface area contributed by atoms with Crippen molar-refractivity contribution >= 4 is 0 Å². The maximum atomic E-state index is 3.74. The molecule has 0 heteroatoms. The number of hydrogen-bond acceptors (Lipinski definition) is 0. The molecular weight excluding hydrogens is 144 g/mol. The summed E-state index contributed by atoms with van der Waals surface area (Å²) in [5.74, 6) is 0.713. The molecule has 0 aliphatic carbocycles. The topological polar surface area (TPSA) is 0 Å². The zero-order valence-electron chi connectivity index (χ0n) is 7.66. The van der Waals surface area contributed by atoms with Crippen LogP contribution >= 0.6 is 0 Å². The van der Waals surface area contributed by atoms with Crippen LogP contribution in [0.4, 0.5) is 0 Å². The Morgan fingerprint density at radius 3 is 2.58 bits per heavy atom. The van der Waals surface area contributed by atoms with Crippen LogP contribution in [0.2, 0.25) is 0 Å². The standard InChI is InChI=1S/C12H16/c1-3-7-11(2)10-12-8-5-4-6-9-12/h3-6,8-9,11H,1,7,10H2,2H3/t11-/m1/s1. The highest BCUT2D eigenvalue weighted by Gasteiger charge is 1.99. The molecule has 0 amide bonds. The third kappa shape index (κ3) is 2.91. The van der Waals surface area contributed by atoms with Gasteiger partial charge in [0.2, 0.25) is 0 Å². The number of allylic oxidation sites excluding steroid dienone is 1. The maximum Gasteiger partial charge on any atom is -0.0250 e. The molecule has 1 rings (SSSR count). The van der Waals surface area contributed by atoms with Gasteiger partial charge in [0.15, 0.2) is 0 Å². The maximum absolute atomic E-state index is 3.74. The molecule has 64 valence electrons. The smallest absolute Gasteiger partial charge is 0.0250 e. The predicted molar refractivity (Wildman–Crippen MR) is 54.1 cm³/mol. The molecule has 1 aromatic carbocycles. The van der Waals surface area contributed by atoms with Crippen LogP contribution in [-0.4, -0.2) is 0 Å². The van der Waals surface area contributed by atoms with E-state index in [0.29, 0.717) is 5.92 Å². The lowest BCUT2D eigenvalue weighted by atomic mass is 9.98. The van der Waals surface area contributed by atoms with Gasteiger partial charge in [-0.25, -0.2) is 0 Å². The Morgan fingerprint density at radius 2 is 2.00 bits per heavy atom. The van der Waals surface area contributed by atoms with Crippen molar-refractivity contribution in [2.24, 2.45) is 5.92 Å². The molecule has 0 bridgehead atoms. The van der Waals surface area contributed by atoms with Crippen molar-refractivity contribution in [2.45, 2.75) is 19.8 Å². The lowest BCUT2D eigenvalue weighted by Gasteiger charge is -2.07.